The van der Waals surface area contributed by atoms with E-state index in [0.717, 1.165) is 59.9 Å². The van der Waals surface area contributed by atoms with Crippen molar-refractivity contribution in [2.24, 2.45) is 5.41 Å². The Morgan fingerprint density at radius 3 is 2.52 bits per heavy atom. The van der Waals surface area contributed by atoms with E-state index in [4.69, 9.17) is 21.1 Å². The van der Waals surface area contributed by atoms with Crippen molar-refractivity contribution < 1.29 is 49.2 Å². The van der Waals surface area contributed by atoms with Crippen molar-refractivity contribution in [1.29, 1.82) is 0 Å². The highest BCUT2D eigenvalue weighted by Crippen LogP contribution is 2.46. The van der Waals surface area contributed by atoms with E-state index in [0.29, 0.717) is 68.9 Å². The van der Waals surface area contributed by atoms with Gasteiger partial charge in [-0.15, -0.1) is 0 Å². The summed E-state index contributed by atoms with van der Waals surface area (Å²) < 4.78 is 107. The van der Waals surface area contributed by atoms with E-state index >= 15 is 0 Å². The highest BCUT2D eigenvalue weighted by Gasteiger charge is 2.34. The Morgan fingerprint density at radius 1 is 1.03 bits per heavy atom. The normalized spacial score (nSPS) is 18.4. The van der Waals surface area contributed by atoms with Crippen molar-refractivity contribution >= 4 is 71.2 Å². The molecule has 2 aliphatic heterocycles. The van der Waals surface area contributed by atoms with Crippen LogP contribution >= 0.6 is 11.6 Å². The molecule has 0 spiro atoms. The molecule has 1 atom stereocenters. The van der Waals surface area contributed by atoms with Gasteiger partial charge in [0.05, 0.1) is 46.1 Å². The third-order valence-electron chi connectivity index (χ3n) is 13.1. The van der Waals surface area contributed by atoms with Crippen molar-refractivity contribution in [3.8, 4) is 11.5 Å². The number of ether oxygens (including phenoxy) is 2. The number of carbonyl (C=O) groups excluding carboxylic acids is 1. The zero-order chi connectivity index (χ0) is 50.9. The van der Waals surface area contributed by atoms with Crippen molar-refractivity contribution in [2.75, 3.05) is 75.4 Å². The number of halogens is 4. The van der Waals surface area contributed by atoms with Gasteiger partial charge in [0, 0.05) is 86.8 Å². The van der Waals surface area contributed by atoms with Gasteiger partial charge >= 0.3 is 6.18 Å². The molecule has 17 nitrogen and oxygen atoms in total. The second-order valence-electron chi connectivity index (χ2n) is 18.8. The summed E-state index contributed by atoms with van der Waals surface area (Å²) >= 11 is 6.54. The number of sulfonamides is 2. The van der Waals surface area contributed by atoms with Crippen LogP contribution in [0, 0.1) is 15.5 Å². The molecule has 71 heavy (non-hydrogen) atoms. The predicted molar refractivity (Wildman–Crippen MR) is 264 cm³/mol. The van der Waals surface area contributed by atoms with Gasteiger partial charge in [0.2, 0.25) is 10.0 Å². The molecule has 1 amide bonds. The molecule has 3 N–H and O–H groups in total. The fourth-order valence-electron chi connectivity index (χ4n) is 9.18. The first-order valence-corrected chi connectivity index (χ1v) is 26.7. The summed E-state index contributed by atoms with van der Waals surface area (Å²) in [7, 11) is -8.06. The number of hydrogen-bond donors (Lipinski definition) is 3. The summed E-state index contributed by atoms with van der Waals surface area (Å²) in [5, 5.41) is 15.9. The summed E-state index contributed by atoms with van der Waals surface area (Å²) in [6, 6.07) is 15.1. The topological polar surface area (TPSA) is 209 Å². The van der Waals surface area contributed by atoms with E-state index in [-0.39, 0.29) is 65.5 Å². The standard InChI is InChI=1S/C48H54ClF3N8O9S2/c1-47(2)14-12-32(40(27-47)38-9-6-33(24-41(38)49)48(50,51)52)29-57-17-19-58(20-18-57)34-7-10-39(44(25-34)69-36-23-31-13-16-54-45(31)55-28-36)46(61)56-71(66,67)37-8-11-42(43(26-37)60(62)63)53-15-4-5-35-30-59(21-22-68-35)70(3,64)65/h6-11,13,16,23-26,28,35,53H,4-5,12,14-15,17-22,27,29-30H2,1-3H3,(H,54,55)(H,56,61). The Balaban J connectivity index is 0.968. The molecule has 2 saturated heterocycles. The number of rotatable bonds is 16. The monoisotopic (exact) mass is 1040 g/mol. The van der Waals surface area contributed by atoms with Gasteiger partial charge < -0.3 is 24.7 Å². The molecule has 3 aliphatic rings. The van der Waals surface area contributed by atoms with Crippen molar-refractivity contribution in [3.05, 3.63) is 117 Å². The van der Waals surface area contributed by atoms with Crippen LogP contribution in [0.5, 0.6) is 11.5 Å². The first-order chi connectivity index (χ1) is 33.5. The lowest BCUT2D eigenvalue weighted by molar-refractivity contribution is -0.384. The lowest BCUT2D eigenvalue weighted by Gasteiger charge is -2.39. The molecule has 0 bridgehead atoms. The average Bonchev–Trinajstić information content (AvgIpc) is 3.79. The number of allylic oxidation sites excluding steroid dienone is 1. The zero-order valence-electron chi connectivity index (χ0n) is 39.2. The van der Waals surface area contributed by atoms with E-state index in [1.165, 1.54) is 28.7 Å². The number of nitrogens with zero attached hydrogens (tertiary/aromatic N) is 5. The molecular formula is C48H54ClF3N8O9S2. The van der Waals surface area contributed by atoms with Gasteiger partial charge in [-0.3, -0.25) is 19.8 Å². The van der Waals surface area contributed by atoms with Crippen LogP contribution in [0.25, 0.3) is 16.6 Å². The van der Waals surface area contributed by atoms with E-state index < -0.39 is 53.2 Å². The highest BCUT2D eigenvalue weighted by molar-refractivity contribution is 7.90. The smallest absolute Gasteiger partial charge is 0.416 e. The van der Waals surface area contributed by atoms with Gasteiger partial charge in [-0.25, -0.2) is 26.5 Å². The van der Waals surface area contributed by atoms with Crippen LogP contribution in [-0.2, 0) is 31.0 Å². The van der Waals surface area contributed by atoms with Crippen LogP contribution in [0.4, 0.5) is 30.2 Å². The SMILES string of the molecule is CC1(C)CCC(CN2CCN(c3ccc(C(=O)NS(=O)(=O)c4ccc(NCCCC5CN(S(C)(=O)=O)CCO5)c([N+](=O)[O-])c4)c(Oc4cnc5[nH]ccc5c4)c3)CC2)=C(c2ccc(C(F)(F)F)cc2Cl)C1. The Morgan fingerprint density at radius 2 is 1.80 bits per heavy atom. The number of nitrogens with one attached hydrogen (secondary N) is 3. The predicted octanol–water partition coefficient (Wildman–Crippen LogP) is 8.69. The molecule has 3 aromatic carbocycles. The molecule has 0 saturated carbocycles. The van der Waals surface area contributed by atoms with Crippen LogP contribution in [0.15, 0.2) is 89.6 Å². The van der Waals surface area contributed by atoms with Crippen molar-refractivity contribution in [2.45, 2.75) is 63.1 Å². The van der Waals surface area contributed by atoms with Gasteiger partial charge in [-0.2, -0.15) is 17.5 Å². The summed E-state index contributed by atoms with van der Waals surface area (Å²) in [6.07, 6.45) is 2.74. The molecule has 1 unspecified atom stereocenters. The Hall–Kier alpha value is -5.78. The number of nitro benzene ring substituents is 1. The molecule has 23 heteroatoms. The van der Waals surface area contributed by atoms with Gasteiger partial charge in [0.25, 0.3) is 21.6 Å². The minimum atomic E-state index is -4.68. The van der Waals surface area contributed by atoms with E-state index in [1.54, 1.807) is 30.5 Å². The minimum Gasteiger partial charge on any atom is -0.455 e. The number of nitro groups is 1. The zero-order valence-corrected chi connectivity index (χ0v) is 41.6. The van der Waals surface area contributed by atoms with E-state index in [9.17, 15) is 44.9 Å². The number of carbonyl (C=O) groups is 1. The second-order valence-corrected chi connectivity index (χ2v) is 22.9. The van der Waals surface area contributed by atoms with Gasteiger partial charge in [0.15, 0.2) is 0 Å². The molecule has 2 aromatic heterocycles. The fourth-order valence-corrected chi connectivity index (χ4v) is 11.3. The summed E-state index contributed by atoms with van der Waals surface area (Å²) in [4.78, 5) is 36.7. The quantitative estimate of drug-likeness (QED) is 0.0481. The highest BCUT2D eigenvalue weighted by atomic mass is 35.5. The average molecular weight is 1040 g/mol. The van der Waals surface area contributed by atoms with Crippen LogP contribution in [0.2, 0.25) is 5.02 Å². The third kappa shape index (κ3) is 12.5. The minimum absolute atomic E-state index is 0.0236. The molecule has 5 aromatic rings. The van der Waals surface area contributed by atoms with Gasteiger partial charge in [0.1, 0.15) is 22.8 Å². The molecule has 1 aliphatic carbocycles. The molecule has 0 radical (unpaired) electrons. The first kappa shape index (κ1) is 51.6. The lowest BCUT2D eigenvalue weighted by Crippen LogP contribution is -2.47. The Bertz CT molecular complexity index is 3090. The van der Waals surface area contributed by atoms with E-state index in [2.05, 4.69) is 43.7 Å². The number of H-pyrrole nitrogens is 1. The maximum Gasteiger partial charge on any atom is 0.416 e. The second kappa shape index (κ2) is 20.7. The van der Waals surface area contributed by atoms with Crippen molar-refractivity contribution in [1.82, 2.24) is 23.9 Å². The maximum atomic E-state index is 14.0. The number of hydrogen-bond acceptors (Lipinski definition) is 13. The van der Waals surface area contributed by atoms with Crippen LogP contribution in [-0.4, -0.2) is 118 Å². The summed E-state index contributed by atoms with van der Waals surface area (Å²) in [6.45, 7) is 8.25. The molecule has 4 heterocycles. The Labute approximate surface area is 414 Å². The number of amides is 1. The molecule has 2 fully saturated rings. The lowest BCUT2D eigenvalue weighted by atomic mass is 9.72. The summed E-state index contributed by atoms with van der Waals surface area (Å²) in [5.41, 5.74) is 2.53. The largest absolute Gasteiger partial charge is 0.455 e. The Kier molecular flexibility index (Phi) is 15.1. The molecule has 380 valence electrons. The third-order valence-corrected chi connectivity index (χ3v) is 16.0. The number of benzene rings is 3. The number of piperazine rings is 1. The number of aromatic nitrogens is 2. The summed E-state index contributed by atoms with van der Waals surface area (Å²) in [5.74, 6) is -0.760. The molecular weight excluding hydrogens is 989 g/mol. The van der Waals surface area contributed by atoms with Crippen LogP contribution in [0.1, 0.15) is 67.4 Å². The number of pyridine rings is 1. The maximum absolute atomic E-state index is 14.0. The molecule has 8 rings (SSSR count). The van der Waals surface area contributed by atoms with E-state index in [1.807, 2.05) is 0 Å². The number of alkyl halides is 3. The number of anilines is 2. The first-order valence-electron chi connectivity index (χ1n) is 23.0. The number of fused-ring (bicyclic) bond motifs is 1. The van der Waals surface area contributed by atoms with Gasteiger partial charge in [-0.1, -0.05) is 37.1 Å². The van der Waals surface area contributed by atoms with Gasteiger partial charge in [-0.05, 0) is 97.2 Å². The number of aromatic amines is 1. The van der Waals surface area contributed by atoms with Crippen LogP contribution in [0.3, 0.4) is 0 Å². The fraction of sp³-hybridized carbons (Fsp3) is 0.417. The van der Waals surface area contributed by atoms with Crippen molar-refractivity contribution in [3.63, 3.8) is 0 Å². The number of morpholine rings is 1. The van der Waals surface area contributed by atoms with Crippen LogP contribution < -0.4 is 19.7 Å².